The maximum absolute atomic E-state index is 12.9. The van der Waals surface area contributed by atoms with Crippen LogP contribution in [0.1, 0.15) is 25.7 Å². The van der Waals surface area contributed by atoms with Gasteiger partial charge in [-0.2, -0.15) is 13.2 Å². The molecule has 0 bridgehead atoms. The van der Waals surface area contributed by atoms with Gasteiger partial charge in [-0.05, 0) is 38.1 Å². The first-order valence-electron chi connectivity index (χ1n) is 6.56. The third-order valence-electron chi connectivity index (χ3n) is 3.59. The summed E-state index contributed by atoms with van der Waals surface area (Å²) >= 11 is 1.58. The number of nitrogens with one attached hydrogen (secondary N) is 1. The number of rotatable bonds is 2. The maximum atomic E-state index is 12.9. The van der Waals surface area contributed by atoms with Gasteiger partial charge >= 0.3 is 6.18 Å². The monoisotopic (exact) mass is 323 g/mol. The predicted octanol–water partition coefficient (Wildman–Crippen LogP) is 5.34. The largest absolute Gasteiger partial charge is 0.416 e. The minimum atomic E-state index is -4.43. The molecular formula is C16H12F3NOS. The predicted molar refractivity (Wildman–Crippen MR) is 81.5 cm³/mol. The Hall–Kier alpha value is -2.08. The number of halogens is 3. The number of hydrogen-bond donors (Lipinski definition) is 1. The molecule has 0 radical (unpaired) electrons. The highest BCUT2D eigenvalue weighted by atomic mass is 32.1. The fourth-order valence-electron chi connectivity index (χ4n) is 2.60. The number of alkyl halides is 3. The van der Waals surface area contributed by atoms with E-state index in [9.17, 15) is 18.0 Å². The second kappa shape index (κ2) is 4.98. The van der Waals surface area contributed by atoms with Crippen LogP contribution < -0.4 is 0 Å². The molecule has 0 saturated carbocycles. The Bertz CT molecular complexity index is 874. The van der Waals surface area contributed by atoms with Crippen molar-refractivity contribution in [3.05, 3.63) is 45.1 Å². The fraction of sp³-hybridized carbons (Fsp3) is 0.188. The van der Waals surface area contributed by atoms with E-state index >= 15 is 0 Å². The molecule has 0 saturated heterocycles. The second-order valence-corrected chi connectivity index (χ2v) is 6.58. The molecule has 0 spiro atoms. The summed E-state index contributed by atoms with van der Waals surface area (Å²) in [6, 6.07) is 5.34. The molecule has 0 aliphatic carbocycles. The van der Waals surface area contributed by atoms with Gasteiger partial charge < -0.3 is 4.98 Å². The van der Waals surface area contributed by atoms with Crippen molar-refractivity contribution in [1.29, 1.82) is 0 Å². The SMILES string of the molecule is Cc1cc(-c2[nH]c3ccc(C(F)(F)F)cc3c2C=O)c(C)s1. The maximum Gasteiger partial charge on any atom is 0.416 e. The van der Waals surface area contributed by atoms with Gasteiger partial charge in [-0.15, -0.1) is 11.3 Å². The first-order chi connectivity index (χ1) is 10.3. The molecule has 0 aliphatic rings. The van der Waals surface area contributed by atoms with E-state index in [0.29, 0.717) is 22.9 Å². The number of hydrogen-bond acceptors (Lipinski definition) is 2. The summed E-state index contributed by atoms with van der Waals surface area (Å²) in [7, 11) is 0. The number of aldehydes is 1. The van der Waals surface area contributed by atoms with E-state index in [1.165, 1.54) is 6.07 Å². The van der Waals surface area contributed by atoms with Crippen LogP contribution in [0, 0.1) is 13.8 Å². The van der Waals surface area contributed by atoms with Crippen LogP contribution in [0.5, 0.6) is 0 Å². The highest BCUT2D eigenvalue weighted by Crippen LogP contribution is 2.37. The van der Waals surface area contributed by atoms with Crippen LogP contribution in [-0.4, -0.2) is 11.3 Å². The average Bonchev–Trinajstić information content (AvgIpc) is 2.96. The molecule has 22 heavy (non-hydrogen) atoms. The van der Waals surface area contributed by atoms with E-state index in [-0.39, 0.29) is 5.56 Å². The number of aromatic nitrogens is 1. The van der Waals surface area contributed by atoms with Crippen molar-refractivity contribution in [2.45, 2.75) is 20.0 Å². The number of fused-ring (bicyclic) bond motifs is 1. The lowest BCUT2D eigenvalue weighted by atomic mass is 10.0. The lowest BCUT2D eigenvalue weighted by molar-refractivity contribution is -0.137. The van der Waals surface area contributed by atoms with Crippen molar-refractivity contribution >= 4 is 28.5 Å². The minimum Gasteiger partial charge on any atom is -0.354 e. The minimum absolute atomic E-state index is 0.266. The zero-order chi connectivity index (χ0) is 16.1. The highest BCUT2D eigenvalue weighted by Gasteiger charge is 2.31. The van der Waals surface area contributed by atoms with E-state index in [4.69, 9.17) is 0 Å². The van der Waals surface area contributed by atoms with Gasteiger partial charge in [0.1, 0.15) is 0 Å². The molecule has 3 aromatic rings. The summed E-state index contributed by atoms with van der Waals surface area (Å²) in [5.41, 5.74) is 1.46. The van der Waals surface area contributed by atoms with Crippen LogP contribution in [0.2, 0.25) is 0 Å². The smallest absolute Gasteiger partial charge is 0.354 e. The molecule has 0 amide bonds. The molecule has 114 valence electrons. The zero-order valence-corrected chi connectivity index (χ0v) is 12.7. The number of benzene rings is 1. The Morgan fingerprint density at radius 2 is 1.91 bits per heavy atom. The van der Waals surface area contributed by atoms with E-state index in [1.54, 1.807) is 11.3 Å². The Labute approximate surface area is 128 Å². The Balaban J connectivity index is 2.29. The quantitative estimate of drug-likeness (QED) is 0.634. The van der Waals surface area contributed by atoms with Gasteiger partial charge in [0.2, 0.25) is 0 Å². The van der Waals surface area contributed by atoms with Gasteiger partial charge in [-0.1, -0.05) is 0 Å². The third-order valence-corrected chi connectivity index (χ3v) is 4.56. The molecule has 0 fully saturated rings. The summed E-state index contributed by atoms with van der Waals surface area (Å²) in [5.74, 6) is 0. The van der Waals surface area contributed by atoms with Gasteiger partial charge in [0, 0.05) is 31.8 Å². The number of carbonyl (C=O) groups is 1. The number of H-pyrrole nitrogens is 1. The zero-order valence-electron chi connectivity index (χ0n) is 11.8. The fourth-order valence-corrected chi connectivity index (χ4v) is 3.53. The van der Waals surface area contributed by atoms with Gasteiger partial charge in [0.05, 0.1) is 11.3 Å². The number of thiophene rings is 1. The van der Waals surface area contributed by atoms with Crippen LogP contribution in [0.3, 0.4) is 0 Å². The lowest BCUT2D eigenvalue weighted by Crippen LogP contribution is -2.04. The van der Waals surface area contributed by atoms with Crippen LogP contribution >= 0.6 is 11.3 Å². The second-order valence-electron chi connectivity index (χ2n) is 5.12. The summed E-state index contributed by atoms with van der Waals surface area (Å²) in [6.45, 7) is 3.88. The Kier molecular flexibility index (Phi) is 3.36. The van der Waals surface area contributed by atoms with Crippen molar-refractivity contribution < 1.29 is 18.0 Å². The Morgan fingerprint density at radius 1 is 1.18 bits per heavy atom. The molecule has 1 aromatic carbocycles. The van der Waals surface area contributed by atoms with Gasteiger partial charge in [0.15, 0.2) is 6.29 Å². The molecule has 1 N–H and O–H groups in total. The van der Waals surface area contributed by atoms with Crippen molar-refractivity contribution in [1.82, 2.24) is 4.98 Å². The first kappa shape index (κ1) is 14.8. The summed E-state index contributed by atoms with van der Waals surface area (Å²) in [4.78, 5) is 16.6. The van der Waals surface area contributed by atoms with Crippen molar-refractivity contribution in [2.24, 2.45) is 0 Å². The lowest BCUT2D eigenvalue weighted by Gasteiger charge is -2.05. The standard InChI is InChI=1S/C16H12F3NOS/c1-8-5-11(9(2)22-8)15-13(7-21)12-6-10(16(17,18)19)3-4-14(12)20-15/h3-7,20H,1-2H3. The van der Waals surface area contributed by atoms with Crippen LogP contribution in [0.4, 0.5) is 13.2 Å². The molecule has 2 aromatic heterocycles. The third kappa shape index (κ3) is 2.33. The molecule has 0 aliphatic heterocycles. The molecular weight excluding hydrogens is 311 g/mol. The van der Waals surface area contributed by atoms with Gasteiger partial charge in [-0.25, -0.2) is 0 Å². The molecule has 0 unspecified atom stereocenters. The summed E-state index contributed by atoms with van der Waals surface area (Å²) < 4.78 is 38.6. The summed E-state index contributed by atoms with van der Waals surface area (Å²) in [6.07, 6.45) is -3.82. The Morgan fingerprint density at radius 3 is 2.45 bits per heavy atom. The van der Waals surface area contributed by atoms with Crippen molar-refractivity contribution in [3.63, 3.8) is 0 Å². The van der Waals surface area contributed by atoms with E-state index in [2.05, 4.69) is 4.98 Å². The van der Waals surface area contributed by atoms with E-state index in [0.717, 1.165) is 27.5 Å². The molecule has 6 heteroatoms. The molecule has 0 atom stereocenters. The molecule has 2 nitrogen and oxygen atoms in total. The van der Waals surface area contributed by atoms with Crippen molar-refractivity contribution in [2.75, 3.05) is 0 Å². The summed E-state index contributed by atoms with van der Waals surface area (Å²) in [5, 5.41) is 0.295. The average molecular weight is 323 g/mol. The van der Waals surface area contributed by atoms with Crippen LogP contribution in [0.15, 0.2) is 24.3 Å². The number of aromatic amines is 1. The van der Waals surface area contributed by atoms with Crippen LogP contribution in [0.25, 0.3) is 22.2 Å². The first-order valence-corrected chi connectivity index (χ1v) is 7.38. The number of aryl methyl sites for hydroxylation is 2. The molecule has 2 heterocycles. The van der Waals surface area contributed by atoms with Crippen molar-refractivity contribution in [3.8, 4) is 11.3 Å². The molecule has 3 rings (SSSR count). The highest BCUT2D eigenvalue weighted by molar-refractivity contribution is 7.12. The van der Waals surface area contributed by atoms with Gasteiger partial charge in [0.25, 0.3) is 0 Å². The topological polar surface area (TPSA) is 32.9 Å². The normalized spacial score (nSPS) is 12.0. The van der Waals surface area contributed by atoms with Crippen LogP contribution in [-0.2, 0) is 6.18 Å². The van der Waals surface area contributed by atoms with Gasteiger partial charge in [-0.3, -0.25) is 4.79 Å². The van der Waals surface area contributed by atoms with E-state index < -0.39 is 11.7 Å². The van der Waals surface area contributed by atoms with E-state index in [1.807, 2.05) is 19.9 Å². The number of carbonyl (C=O) groups excluding carboxylic acids is 1.